The largest absolute Gasteiger partial charge is 0.437 e. The first kappa shape index (κ1) is 41.5. The Morgan fingerprint density at radius 2 is 0.938 bits per heavy atom. The van der Waals surface area contributed by atoms with Gasteiger partial charge in [0.25, 0.3) is 0 Å². The molecule has 0 spiro atoms. The molecule has 8 aromatic carbocycles. The van der Waals surface area contributed by atoms with Gasteiger partial charge in [0.1, 0.15) is 11.5 Å². The van der Waals surface area contributed by atoms with E-state index in [0.29, 0.717) is 33.2 Å². The molecular formula is C56H46O6P2. The molecule has 4 unspecified atom stereocenters. The quantitative estimate of drug-likeness (QED) is 0.0800. The van der Waals surface area contributed by atoms with Gasteiger partial charge in [-0.1, -0.05) is 164 Å². The number of allylic oxidation sites excluding steroid dienone is 2. The van der Waals surface area contributed by atoms with Gasteiger partial charge in [-0.25, -0.2) is 0 Å². The number of hydrogen-bond donors (Lipinski definition) is 0. The maximum atomic E-state index is 16.0. The van der Waals surface area contributed by atoms with Crippen LogP contribution in [0.1, 0.15) is 45.1 Å². The summed E-state index contributed by atoms with van der Waals surface area (Å²) in [4.78, 5) is 0. The lowest BCUT2D eigenvalue weighted by molar-refractivity contribution is 0.0857. The molecule has 4 atom stereocenters. The van der Waals surface area contributed by atoms with Crippen LogP contribution in [0, 0.1) is 0 Å². The van der Waals surface area contributed by atoms with Crippen LogP contribution in [0.5, 0.6) is 11.5 Å². The maximum absolute atomic E-state index is 16.0. The number of fused-ring (bicyclic) bond motifs is 7. The second kappa shape index (κ2) is 17.6. The second-order valence-electron chi connectivity index (χ2n) is 16.2. The first-order valence-electron chi connectivity index (χ1n) is 21.5. The van der Waals surface area contributed by atoms with Gasteiger partial charge in [-0.3, -0.25) is 9.13 Å². The van der Waals surface area contributed by atoms with Crippen molar-refractivity contribution in [2.75, 3.05) is 0 Å². The van der Waals surface area contributed by atoms with E-state index in [1.807, 2.05) is 170 Å². The first-order valence-corrected chi connectivity index (χ1v) is 24.8. The Balaban J connectivity index is 1.10. The van der Waals surface area contributed by atoms with Crippen LogP contribution in [0.3, 0.4) is 0 Å². The SMILES string of the molecule is C=CCc1cccc(COC(c2ccc3c(C(OCc4cccc(CC=C)c4)P4(=O)Oc5ccccc5-c5ccccc54)cccc3c2)P2(=O)Oc3ccccc3-c3ccccc32)c1. The molecule has 0 radical (unpaired) electrons. The average Bonchev–Trinajstić information content (AvgIpc) is 3.32. The van der Waals surface area contributed by atoms with Crippen molar-refractivity contribution >= 4 is 36.1 Å². The third-order valence-corrected chi connectivity index (χ3v) is 17.1. The van der Waals surface area contributed by atoms with E-state index >= 15 is 9.13 Å². The number of ether oxygens (including phenoxy) is 2. The van der Waals surface area contributed by atoms with E-state index in [1.54, 1.807) is 0 Å². The molecule has 2 heterocycles. The smallest absolute Gasteiger partial charge is 0.310 e. The molecule has 0 fully saturated rings. The summed E-state index contributed by atoms with van der Waals surface area (Å²) in [6.45, 7) is 8.21. The Morgan fingerprint density at radius 1 is 0.469 bits per heavy atom. The van der Waals surface area contributed by atoms with Gasteiger partial charge >= 0.3 is 14.7 Å². The van der Waals surface area contributed by atoms with E-state index < -0.39 is 26.4 Å². The van der Waals surface area contributed by atoms with Crippen LogP contribution in [0.4, 0.5) is 0 Å². The van der Waals surface area contributed by atoms with Crippen LogP contribution >= 0.6 is 14.7 Å². The summed E-state index contributed by atoms with van der Waals surface area (Å²) in [5.41, 5.74) is 8.96. The first-order chi connectivity index (χ1) is 31.4. The summed E-state index contributed by atoms with van der Waals surface area (Å²) in [7, 11) is -7.68. The van der Waals surface area contributed by atoms with Gasteiger partial charge in [-0.05, 0) is 98.5 Å². The lowest BCUT2D eigenvalue weighted by atomic mass is 10.0. The van der Waals surface area contributed by atoms with Crippen molar-refractivity contribution in [3.05, 3.63) is 241 Å². The Bertz CT molecular complexity index is 3170. The topological polar surface area (TPSA) is 71.1 Å². The van der Waals surface area contributed by atoms with Crippen LogP contribution in [0.25, 0.3) is 33.0 Å². The molecule has 0 amide bonds. The summed E-state index contributed by atoms with van der Waals surface area (Å²) >= 11 is 0. The van der Waals surface area contributed by atoms with Crippen molar-refractivity contribution in [2.45, 2.75) is 37.7 Å². The van der Waals surface area contributed by atoms with Gasteiger partial charge in [0.05, 0.1) is 23.8 Å². The molecule has 0 aromatic heterocycles. The zero-order valence-corrected chi connectivity index (χ0v) is 37.0. The van der Waals surface area contributed by atoms with E-state index in [4.69, 9.17) is 18.5 Å². The molecule has 0 saturated carbocycles. The summed E-state index contributed by atoms with van der Waals surface area (Å²) in [5, 5.41) is 2.85. The molecule has 0 aliphatic carbocycles. The van der Waals surface area contributed by atoms with Gasteiger partial charge in [0.15, 0.2) is 11.7 Å². The highest BCUT2D eigenvalue weighted by atomic mass is 31.2. The Morgan fingerprint density at radius 3 is 1.50 bits per heavy atom. The predicted molar refractivity (Wildman–Crippen MR) is 259 cm³/mol. The van der Waals surface area contributed by atoms with Crippen molar-refractivity contribution in [3.63, 3.8) is 0 Å². The van der Waals surface area contributed by atoms with E-state index in [2.05, 4.69) is 37.4 Å². The Labute approximate surface area is 374 Å². The van der Waals surface area contributed by atoms with Crippen molar-refractivity contribution in [3.8, 4) is 33.8 Å². The third-order valence-electron chi connectivity index (χ3n) is 12.0. The van der Waals surface area contributed by atoms with Crippen molar-refractivity contribution in [1.82, 2.24) is 0 Å². The second-order valence-corrected chi connectivity index (χ2v) is 20.8. The lowest BCUT2D eigenvalue weighted by Crippen LogP contribution is -2.24. The zero-order chi connectivity index (χ0) is 43.7. The molecular weight excluding hydrogens is 831 g/mol. The standard InChI is InChI=1S/C56H46O6P2/c1-3-16-39-18-13-20-41(34-39)37-59-55(63(57)53-30-11-7-25-48(53)46-23-5-9-28-51(46)61-63)44-32-33-45-43(36-44)22-15-27-50(45)56(60-38-42-21-14-19-40(35-42)17-4-2)64(58)54-31-12-8-26-49(54)47-24-6-10-29-52(47)62-64/h3-15,18-36,55-56H,1-2,16-17,37-38H2. The van der Waals surface area contributed by atoms with E-state index in [0.717, 1.165) is 68.1 Å². The molecule has 316 valence electrons. The van der Waals surface area contributed by atoms with Crippen LogP contribution in [0.15, 0.2) is 207 Å². The van der Waals surface area contributed by atoms with Crippen LogP contribution < -0.4 is 19.7 Å². The molecule has 8 heteroatoms. The number of para-hydroxylation sites is 2. The van der Waals surface area contributed by atoms with Crippen molar-refractivity contribution in [2.24, 2.45) is 0 Å². The highest BCUT2D eigenvalue weighted by Gasteiger charge is 2.47. The predicted octanol–water partition coefficient (Wildman–Crippen LogP) is 14.1. The molecule has 64 heavy (non-hydrogen) atoms. The van der Waals surface area contributed by atoms with Crippen LogP contribution in [0.2, 0.25) is 0 Å². The minimum atomic E-state index is -3.85. The van der Waals surface area contributed by atoms with Gasteiger partial charge in [-0.15, -0.1) is 13.2 Å². The van der Waals surface area contributed by atoms with Gasteiger partial charge in [-0.2, -0.15) is 0 Å². The number of hydrogen-bond acceptors (Lipinski definition) is 6. The molecule has 10 rings (SSSR count). The fourth-order valence-corrected chi connectivity index (χ4v) is 14.2. The van der Waals surface area contributed by atoms with Gasteiger partial charge in [0.2, 0.25) is 0 Å². The highest BCUT2D eigenvalue weighted by molar-refractivity contribution is 7.68. The molecule has 0 bridgehead atoms. The molecule has 2 aliphatic heterocycles. The fraction of sp³-hybridized carbons (Fsp3) is 0.107. The van der Waals surface area contributed by atoms with E-state index in [1.165, 1.54) is 0 Å². The van der Waals surface area contributed by atoms with Crippen LogP contribution in [-0.2, 0) is 44.7 Å². The summed E-state index contributed by atoms with van der Waals surface area (Å²) < 4.78 is 59.2. The molecule has 0 N–H and O–H groups in total. The number of benzene rings is 8. The molecule has 6 nitrogen and oxygen atoms in total. The maximum Gasteiger partial charge on any atom is 0.310 e. The normalized spacial score (nSPS) is 17.9. The van der Waals surface area contributed by atoms with E-state index in [9.17, 15) is 0 Å². The van der Waals surface area contributed by atoms with Crippen molar-refractivity contribution < 1.29 is 27.7 Å². The summed E-state index contributed by atoms with van der Waals surface area (Å²) in [6, 6.07) is 59.1. The molecule has 2 aliphatic rings. The minimum Gasteiger partial charge on any atom is -0.437 e. The fourth-order valence-electron chi connectivity index (χ4n) is 9.06. The Hall–Kier alpha value is -6.52. The molecule has 8 aromatic rings. The number of rotatable bonds is 14. The summed E-state index contributed by atoms with van der Waals surface area (Å²) in [5.74, 6) is -0.903. The van der Waals surface area contributed by atoms with Crippen molar-refractivity contribution in [1.29, 1.82) is 0 Å². The van der Waals surface area contributed by atoms with Crippen LogP contribution in [-0.4, -0.2) is 0 Å². The average molecular weight is 877 g/mol. The minimum absolute atomic E-state index is 0.187. The van der Waals surface area contributed by atoms with Gasteiger partial charge in [0, 0.05) is 11.1 Å². The molecule has 0 saturated heterocycles. The third kappa shape index (κ3) is 7.67. The van der Waals surface area contributed by atoms with E-state index in [-0.39, 0.29) is 13.2 Å². The lowest BCUT2D eigenvalue weighted by Gasteiger charge is -2.35. The monoisotopic (exact) mass is 876 g/mol. The highest BCUT2D eigenvalue weighted by Crippen LogP contribution is 2.66. The van der Waals surface area contributed by atoms with Gasteiger partial charge < -0.3 is 18.5 Å². The summed E-state index contributed by atoms with van der Waals surface area (Å²) in [6.07, 6.45) is 5.19. The zero-order valence-electron chi connectivity index (χ0n) is 35.2. The Kier molecular flexibility index (Phi) is 11.4.